The minimum absolute atomic E-state index is 0.0370. The van der Waals surface area contributed by atoms with Gasteiger partial charge in [-0.25, -0.2) is 5.10 Å². The van der Waals surface area contributed by atoms with Crippen molar-refractivity contribution in [1.82, 2.24) is 20.4 Å². The maximum absolute atomic E-state index is 8.35. The Balaban J connectivity index is 0.000000120. The lowest BCUT2D eigenvalue weighted by Gasteiger charge is -1.69. The van der Waals surface area contributed by atoms with E-state index in [1.54, 1.807) is 6.20 Å². The van der Waals surface area contributed by atoms with E-state index in [-0.39, 0.29) is 11.8 Å². The quantitative estimate of drug-likeness (QED) is 0.452. The Morgan fingerprint density at radius 2 is 2.08 bits per heavy atom. The molecule has 0 bridgehead atoms. The molecule has 0 fully saturated rings. The topological polar surface area (TPSA) is 97.8 Å². The van der Waals surface area contributed by atoms with Crippen molar-refractivity contribution in [3.63, 3.8) is 0 Å². The average Bonchev–Trinajstić information content (AvgIpc) is 2.63. The molecule has 0 amide bonds. The molecule has 2 heterocycles. The summed E-state index contributed by atoms with van der Waals surface area (Å²) < 4.78 is 0. The Hall–Kier alpha value is -1.98. The van der Waals surface area contributed by atoms with Gasteiger partial charge >= 0.3 is 0 Å². The van der Waals surface area contributed by atoms with Crippen LogP contribution in [-0.4, -0.2) is 30.6 Å². The van der Waals surface area contributed by atoms with E-state index < -0.39 is 0 Å². The molecule has 0 aliphatic carbocycles. The molecule has 0 aliphatic rings. The lowest BCUT2D eigenvalue weighted by molar-refractivity contribution is 0.451. The molecular formula is C6H8N4O2. The van der Waals surface area contributed by atoms with Gasteiger partial charge in [-0.3, -0.25) is 5.10 Å². The molecule has 0 spiro atoms. The van der Waals surface area contributed by atoms with E-state index in [1.165, 1.54) is 18.3 Å². The number of H-pyrrole nitrogens is 2. The number of hydrogen-bond donors (Lipinski definition) is 4. The highest BCUT2D eigenvalue weighted by Gasteiger charge is 1.78. The Bertz CT molecular complexity index is 257. The third-order valence-electron chi connectivity index (χ3n) is 0.972. The predicted octanol–water partition coefficient (Wildman–Crippen LogP) is 0.231. The van der Waals surface area contributed by atoms with Gasteiger partial charge in [-0.2, -0.15) is 5.10 Å². The highest BCUT2D eigenvalue weighted by atomic mass is 16.3. The van der Waals surface area contributed by atoms with E-state index >= 15 is 0 Å². The van der Waals surface area contributed by atoms with Gasteiger partial charge < -0.3 is 10.2 Å². The van der Waals surface area contributed by atoms with Crippen LogP contribution in [0.3, 0.4) is 0 Å². The van der Waals surface area contributed by atoms with Crippen molar-refractivity contribution in [2.75, 3.05) is 0 Å². The normalized spacial score (nSPS) is 8.67. The Morgan fingerprint density at radius 3 is 2.25 bits per heavy atom. The smallest absolute Gasteiger partial charge is 0.229 e. The second kappa shape index (κ2) is 4.02. The van der Waals surface area contributed by atoms with Crippen LogP contribution in [0.5, 0.6) is 11.8 Å². The van der Waals surface area contributed by atoms with Gasteiger partial charge in [0.25, 0.3) is 0 Å². The fraction of sp³-hybridized carbons (Fsp3) is 0. The summed E-state index contributed by atoms with van der Waals surface area (Å²) in [5, 5.41) is 28.2. The molecule has 64 valence electrons. The van der Waals surface area contributed by atoms with E-state index in [4.69, 9.17) is 10.2 Å². The van der Waals surface area contributed by atoms with Crippen LogP contribution in [0.4, 0.5) is 0 Å². The molecule has 6 heteroatoms. The second-order valence-corrected chi connectivity index (χ2v) is 1.87. The summed E-state index contributed by atoms with van der Waals surface area (Å²) in [5.41, 5.74) is 0. The summed E-state index contributed by atoms with van der Waals surface area (Å²) in [7, 11) is 0. The molecule has 12 heavy (non-hydrogen) atoms. The fourth-order valence-corrected chi connectivity index (χ4v) is 0.501. The summed E-state index contributed by atoms with van der Waals surface area (Å²) in [5.74, 6) is 0.144. The van der Waals surface area contributed by atoms with Crippen molar-refractivity contribution in [1.29, 1.82) is 0 Å². The zero-order chi connectivity index (χ0) is 8.81. The van der Waals surface area contributed by atoms with Crippen LogP contribution < -0.4 is 0 Å². The van der Waals surface area contributed by atoms with Gasteiger partial charge in [0.15, 0.2) is 0 Å². The minimum Gasteiger partial charge on any atom is -0.494 e. The van der Waals surface area contributed by atoms with Crippen LogP contribution >= 0.6 is 0 Å². The van der Waals surface area contributed by atoms with Gasteiger partial charge in [0, 0.05) is 18.3 Å². The highest BCUT2D eigenvalue weighted by molar-refractivity contribution is 5.00. The summed E-state index contributed by atoms with van der Waals surface area (Å²) >= 11 is 0. The first-order chi connectivity index (χ1) is 5.79. The Morgan fingerprint density at radius 1 is 1.25 bits per heavy atom. The van der Waals surface area contributed by atoms with E-state index in [2.05, 4.69) is 20.4 Å². The molecule has 2 rings (SSSR count). The van der Waals surface area contributed by atoms with Crippen LogP contribution in [0.25, 0.3) is 0 Å². The fourth-order valence-electron chi connectivity index (χ4n) is 0.501. The van der Waals surface area contributed by atoms with Gasteiger partial charge in [-0.1, -0.05) is 0 Å². The van der Waals surface area contributed by atoms with Crippen LogP contribution in [0, 0.1) is 0 Å². The monoisotopic (exact) mass is 168 g/mol. The highest BCUT2D eigenvalue weighted by Crippen LogP contribution is 1.95. The molecular weight excluding hydrogens is 160 g/mol. The van der Waals surface area contributed by atoms with E-state index in [9.17, 15) is 0 Å². The van der Waals surface area contributed by atoms with Gasteiger partial charge in [0.1, 0.15) is 0 Å². The lowest BCUT2D eigenvalue weighted by atomic mass is 10.7. The lowest BCUT2D eigenvalue weighted by Crippen LogP contribution is -1.59. The zero-order valence-corrected chi connectivity index (χ0v) is 6.10. The SMILES string of the molecule is Oc1cc[nH]n1.Oc1ccn[nH]1. The first-order valence-electron chi connectivity index (χ1n) is 3.16. The molecule has 2 aromatic heterocycles. The number of nitrogens with one attached hydrogen (secondary N) is 2. The molecule has 4 N–H and O–H groups in total. The zero-order valence-electron chi connectivity index (χ0n) is 6.10. The maximum atomic E-state index is 8.35. The van der Waals surface area contributed by atoms with Gasteiger partial charge in [0.2, 0.25) is 11.8 Å². The number of nitrogens with zero attached hydrogens (tertiary/aromatic N) is 2. The second-order valence-electron chi connectivity index (χ2n) is 1.87. The first-order valence-corrected chi connectivity index (χ1v) is 3.16. The number of aromatic hydroxyl groups is 2. The predicted molar refractivity (Wildman–Crippen MR) is 40.5 cm³/mol. The van der Waals surface area contributed by atoms with Crippen molar-refractivity contribution in [3.05, 3.63) is 24.5 Å². The van der Waals surface area contributed by atoms with Crippen LogP contribution in [0.2, 0.25) is 0 Å². The maximum Gasteiger partial charge on any atom is 0.229 e. The summed E-state index contributed by atoms with van der Waals surface area (Å²) in [4.78, 5) is 0. The third-order valence-corrected chi connectivity index (χ3v) is 0.972. The molecule has 0 aliphatic heterocycles. The van der Waals surface area contributed by atoms with Gasteiger partial charge in [-0.15, -0.1) is 5.10 Å². The molecule has 0 atom stereocenters. The molecule has 0 aromatic carbocycles. The molecule has 0 saturated heterocycles. The van der Waals surface area contributed by atoms with Gasteiger partial charge in [0.05, 0.1) is 6.20 Å². The van der Waals surface area contributed by atoms with E-state index in [0.717, 1.165) is 0 Å². The van der Waals surface area contributed by atoms with Crippen LogP contribution in [0.1, 0.15) is 0 Å². The summed E-state index contributed by atoms with van der Waals surface area (Å²) in [6.45, 7) is 0. The number of aromatic amines is 2. The van der Waals surface area contributed by atoms with Crippen molar-refractivity contribution in [2.45, 2.75) is 0 Å². The molecule has 2 aromatic rings. The molecule has 0 radical (unpaired) electrons. The van der Waals surface area contributed by atoms with Crippen molar-refractivity contribution < 1.29 is 10.2 Å². The van der Waals surface area contributed by atoms with Gasteiger partial charge in [-0.05, 0) is 0 Å². The summed E-state index contributed by atoms with van der Waals surface area (Å²) in [6, 6.07) is 2.94. The van der Waals surface area contributed by atoms with E-state index in [0.29, 0.717) is 0 Å². The van der Waals surface area contributed by atoms with Crippen LogP contribution in [-0.2, 0) is 0 Å². The Labute approximate surface area is 67.9 Å². The minimum atomic E-state index is 0.0370. The first kappa shape index (κ1) is 8.12. The number of aromatic nitrogens is 4. The Kier molecular flexibility index (Phi) is 2.72. The van der Waals surface area contributed by atoms with Crippen molar-refractivity contribution in [3.8, 4) is 11.8 Å². The molecule has 6 nitrogen and oxygen atoms in total. The molecule has 0 unspecified atom stereocenters. The largest absolute Gasteiger partial charge is 0.494 e. The van der Waals surface area contributed by atoms with Crippen LogP contribution in [0.15, 0.2) is 24.5 Å². The standard InChI is InChI=1S/2C3H4N2O/c2*6-3-1-2-4-5-3/h2*1-2H,(H2,4,5,6). The third kappa shape index (κ3) is 2.74. The summed E-state index contributed by atoms with van der Waals surface area (Å²) in [6.07, 6.45) is 3.03. The number of hydrogen-bond acceptors (Lipinski definition) is 4. The van der Waals surface area contributed by atoms with Crippen molar-refractivity contribution >= 4 is 0 Å². The van der Waals surface area contributed by atoms with Crippen molar-refractivity contribution in [2.24, 2.45) is 0 Å². The number of rotatable bonds is 0. The molecule has 0 saturated carbocycles. The average molecular weight is 168 g/mol. The van der Waals surface area contributed by atoms with E-state index in [1.807, 2.05) is 0 Å².